The van der Waals surface area contributed by atoms with Crippen molar-refractivity contribution in [1.29, 1.82) is 0 Å². The number of hydrogen-bond acceptors (Lipinski definition) is 3. The molecule has 0 bridgehead atoms. The second-order valence-electron chi connectivity index (χ2n) is 5.22. The van der Waals surface area contributed by atoms with Gasteiger partial charge in [0.1, 0.15) is 13.2 Å². The topological polar surface area (TPSA) is 47.6 Å². The van der Waals surface area contributed by atoms with Crippen LogP contribution in [0.1, 0.15) is 28.9 Å². The van der Waals surface area contributed by atoms with E-state index < -0.39 is 0 Å². The third kappa shape index (κ3) is 3.54. The van der Waals surface area contributed by atoms with Gasteiger partial charge in [-0.05, 0) is 42.8 Å². The Labute approximate surface area is 144 Å². The number of hydrogen-bond donors (Lipinski definition) is 1. The number of ether oxygens (including phenoxy) is 2. The quantitative estimate of drug-likeness (QED) is 0.898. The average Bonchev–Trinajstić information content (AvgIpc) is 2.54. The lowest BCUT2D eigenvalue weighted by molar-refractivity contribution is 0.0940. The lowest BCUT2D eigenvalue weighted by atomic mass is 10.1. The van der Waals surface area contributed by atoms with Gasteiger partial charge in [0.25, 0.3) is 5.91 Å². The van der Waals surface area contributed by atoms with Gasteiger partial charge in [-0.2, -0.15) is 0 Å². The Morgan fingerprint density at radius 3 is 2.57 bits per heavy atom. The first kappa shape index (κ1) is 16.0. The van der Waals surface area contributed by atoms with Gasteiger partial charge in [-0.1, -0.05) is 29.3 Å². The molecular weight excluding hydrogens is 337 g/mol. The van der Waals surface area contributed by atoms with Crippen molar-refractivity contribution in [3.05, 3.63) is 57.6 Å². The van der Waals surface area contributed by atoms with E-state index in [1.54, 1.807) is 18.2 Å². The number of amides is 1. The summed E-state index contributed by atoms with van der Waals surface area (Å²) in [6, 6.07) is 10.2. The van der Waals surface area contributed by atoms with E-state index in [9.17, 15) is 4.79 Å². The van der Waals surface area contributed by atoms with Gasteiger partial charge in [-0.15, -0.1) is 0 Å². The van der Waals surface area contributed by atoms with Crippen molar-refractivity contribution in [2.24, 2.45) is 0 Å². The van der Waals surface area contributed by atoms with Crippen LogP contribution in [0.4, 0.5) is 0 Å². The zero-order valence-corrected chi connectivity index (χ0v) is 13.9. The maximum absolute atomic E-state index is 12.4. The summed E-state index contributed by atoms with van der Waals surface area (Å²) < 4.78 is 11.1. The van der Waals surface area contributed by atoms with E-state index in [1.807, 2.05) is 25.1 Å². The van der Waals surface area contributed by atoms with Crippen molar-refractivity contribution in [3.8, 4) is 11.5 Å². The second kappa shape index (κ2) is 6.69. The molecule has 0 aliphatic carbocycles. The first-order valence-corrected chi connectivity index (χ1v) is 7.95. The lowest BCUT2D eigenvalue weighted by Crippen LogP contribution is -2.27. The molecule has 4 nitrogen and oxygen atoms in total. The molecule has 1 heterocycles. The van der Waals surface area contributed by atoms with Gasteiger partial charge in [0.2, 0.25) is 0 Å². The fourth-order valence-electron chi connectivity index (χ4n) is 2.36. The number of fused-ring (bicyclic) bond motifs is 1. The van der Waals surface area contributed by atoms with Crippen LogP contribution in [0.2, 0.25) is 10.0 Å². The third-order valence-electron chi connectivity index (χ3n) is 3.59. The lowest BCUT2D eigenvalue weighted by Gasteiger charge is -2.21. The first-order valence-electron chi connectivity index (χ1n) is 7.20. The number of benzene rings is 2. The van der Waals surface area contributed by atoms with Gasteiger partial charge in [-0.3, -0.25) is 4.79 Å². The van der Waals surface area contributed by atoms with E-state index in [-0.39, 0.29) is 11.9 Å². The summed E-state index contributed by atoms with van der Waals surface area (Å²) in [7, 11) is 0. The predicted molar refractivity (Wildman–Crippen MR) is 89.8 cm³/mol. The second-order valence-corrected chi connectivity index (χ2v) is 6.07. The zero-order chi connectivity index (χ0) is 16.4. The zero-order valence-electron chi connectivity index (χ0n) is 12.4. The Kier molecular flexibility index (Phi) is 4.64. The maximum Gasteiger partial charge on any atom is 0.253 e. The predicted octanol–water partition coefficient (Wildman–Crippen LogP) is 4.26. The molecule has 1 N–H and O–H groups in total. The van der Waals surface area contributed by atoms with Crippen LogP contribution >= 0.6 is 23.2 Å². The highest BCUT2D eigenvalue weighted by atomic mass is 35.5. The molecule has 1 atom stereocenters. The van der Waals surface area contributed by atoms with E-state index >= 15 is 0 Å². The monoisotopic (exact) mass is 351 g/mol. The number of carbonyl (C=O) groups excluding carboxylic acids is 1. The minimum atomic E-state index is -0.256. The van der Waals surface area contributed by atoms with Gasteiger partial charge in [0, 0.05) is 5.02 Å². The van der Waals surface area contributed by atoms with Crippen molar-refractivity contribution >= 4 is 29.1 Å². The van der Waals surface area contributed by atoms with Crippen molar-refractivity contribution in [3.63, 3.8) is 0 Å². The summed E-state index contributed by atoms with van der Waals surface area (Å²) in [5, 5.41) is 3.73. The third-order valence-corrected chi connectivity index (χ3v) is 4.14. The molecule has 0 saturated heterocycles. The number of halogens is 2. The van der Waals surface area contributed by atoms with Crippen LogP contribution in [0.15, 0.2) is 36.4 Å². The van der Waals surface area contributed by atoms with Gasteiger partial charge < -0.3 is 14.8 Å². The fourth-order valence-corrected chi connectivity index (χ4v) is 2.85. The maximum atomic E-state index is 12.4. The van der Waals surface area contributed by atoms with Crippen LogP contribution in [0, 0.1) is 0 Å². The van der Waals surface area contributed by atoms with Gasteiger partial charge in [-0.25, -0.2) is 0 Å². The molecule has 0 radical (unpaired) electrons. The molecule has 0 unspecified atom stereocenters. The molecule has 1 amide bonds. The minimum absolute atomic E-state index is 0.204. The van der Waals surface area contributed by atoms with E-state index in [0.29, 0.717) is 34.6 Å². The number of carbonyl (C=O) groups is 1. The highest BCUT2D eigenvalue weighted by Crippen LogP contribution is 2.32. The van der Waals surface area contributed by atoms with Crippen molar-refractivity contribution in [1.82, 2.24) is 5.32 Å². The normalized spacial score (nSPS) is 14.2. The van der Waals surface area contributed by atoms with Crippen molar-refractivity contribution in [2.45, 2.75) is 13.0 Å². The highest BCUT2D eigenvalue weighted by molar-refractivity contribution is 6.36. The van der Waals surface area contributed by atoms with E-state index in [2.05, 4.69) is 5.32 Å². The smallest absolute Gasteiger partial charge is 0.253 e. The molecule has 6 heteroatoms. The molecular formula is C17H15Cl2NO3. The first-order chi connectivity index (χ1) is 11.0. The largest absolute Gasteiger partial charge is 0.486 e. The molecule has 3 rings (SSSR count). The van der Waals surface area contributed by atoms with Gasteiger partial charge in [0.05, 0.1) is 16.6 Å². The van der Waals surface area contributed by atoms with Crippen LogP contribution in [-0.2, 0) is 0 Å². The number of nitrogens with one attached hydrogen (secondary N) is 1. The summed E-state index contributed by atoms with van der Waals surface area (Å²) in [5.74, 6) is 1.16. The summed E-state index contributed by atoms with van der Waals surface area (Å²) in [4.78, 5) is 12.4. The molecule has 0 spiro atoms. The Morgan fingerprint density at radius 2 is 1.83 bits per heavy atom. The van der Waals surface area contributed by atoms with E-state index in [1.165, 1.54) is 0 Å². The molecule has 1 aliphatic rings. The van der Waals surface area contributed by atoms with Gasteiger partial charge in [0.15, 0.2) is 11.5 Å². The molecule has 2 aromatic rings. The van der Waals surface area contributed by atoms with E-state index in [0.717, 1.165) is 11.3 Å². The highest BCUT2D eigenvalue weighted by Gasteiger charge is 2.17. The van der Waals surface area contributed by atoms with Crippen LogP contribution in [0.3, 0.4) is 0 Å². The van der Waals surface area contributed by atoms with Gasteiger partial charge >= 0.3 is 0 Å². The van der Waals surface area contributed by atoms with Crippen LogP contribution < -0.4 is 14.8 Å². The Hall–Kier alpha value is -1.91. The fraction of sp³-hybridized carbons (Fsp3) is 0.235. The average molecular weight is 352 g/mol. The van der Waals surface area contributed by atoms with Crippen LogP contribution in [-0.4, -0.2) is 19.1 Å². The van der Waals surface area contributed by atoms with Crippen LogP contribution in [0.25, 0.3) is 0 Å². The molecule has 1 aliphatic heterocycles. The summed E-state index contributed by atoms with van der Waals surface area (Å²) >= 11 is 11.9. The Bertz CT molecular complexity index is 749. The molecule has 0 saturated carbocycles. The molecule has 0 aromatic heterocycles. The summed E-state index contributed by atoms with van der Waals surface area (Å²) in [6.07, 6.45) is 0. The minimum Gasteiger partial charge on any atom is -0.486 e. The van der Waals surface area contributed by atoms with Crippen LogP contribution in [0.5, 0.6) is 11.5 Å². The molecule has 23 heavy (non-hydrogen) atoms. The van der Waals surface area contributed by atoms with Crippen molar-refractivity contribution in [2.75, 3.05) is 13.2 Å². The Balaban J connectivity index is 1.76. The molecule has 0 fully saturated rings. The SMILES string of the molecule is C[C@H](NC(=O)c1ccc(Cl)cc1Cl)c1ccc2c(c1)OCCO2. The Morgan fingerprint density at radius 1 is 1.09 bits per heavy atom. The van der Waals surface area contributed by atoms with Crippen molar-refractivity contribution < 1.29 is 14.3 Å². The molecule has 2 aromatic carbocycles. The summed E-state index contributed by atoms with van der Waals surface area (Å²) in [5.41, 5.74) is 1.31. The molecule has 120 valence electrons. The van der Waals surface area contributed by atoms with E-state index in [4.69, 9.17) is 32.7 Å². The number of rotatable bonds is 3. The standard InChI is InChI=1S/C17H15Cl2NO3/c1-10(11-2-5-15-16(8-11)23-7-6-22-15)20-17(21)13-4-3-12(18)9-14(13)19/h2-5,8-10H,6-7H2,1H3,(H,20,21)/t10-/m0/s1. The summed E-state index contributed by atoms with van der Waals surface area (Å²) in [6.45, 7) is 2.97.